The van der Waals surface area contributed by atoms with E-state index >= 15 is 0 Å². The highest BCUT2D eigenvalue weighted by atomic mass is 16.5. The fourth-order valence-electron chi connectivity index (χ4n) is 1.60. The van der Waals surface area contributed by atoms with E-state index in [9.17, 15) is 4.79 Å². The van der Waals surface area contributed by atoms with Gasteiger partial charge < -0.3 is 9.30 Å². The predicted molar refractivity (Wildman–Crippen MR) is 59.5 cm³/mol. The van der Waals surface area contributed by atoms with Crippen LogP contribution in [0.2, 0.25) is 0 Å². The highest BCUT2D eigenvalue weighted by Crippen LogP contribution is 2.20. The SMILES string of the molecule is C#Cc1cc2ccn(C(C)OC=O)c2cn1. The molecule has 80 valence electrons. The molecule has 4 nitrogen and oxygen atoms in total. The van der Waals surface area contributed by atoms with E-state index in [0.29, 0.717) is 12.2 Å². The van der Waals surface area contributed by atoms with Gasteiger partial charge in [-0.3, -0.25) is 4.79 Å². The van der Waals surface area contributed by atoms with Gasteiger partial charge in [0.25, 0.3) is 6.47 Å². The Kier molecular flexibility index (Phi) is 2.61. The number of pyridine rings is 1. The zero-order chi connectivity index (χ0) is 11.5. The summed E-state index contributed by atoms with van der Waals surface area (Å²) in [5.74, 6) is 2.47. The van der Waals surface area contributed by atoms with Gasteiger partial charge in [0.05, 0.1) is 11.7 Å². The molecular weight excluding hydrogens is 204 g/mol. The molecule has 2 aromatic heterocycles. The van der Waals surface area contributed by atoms with Crippen molar-refractivity contribution in [1.29, 1.82) is 0 Å². The van der Waals surface area contributed by atoms with Crippen molar-refractivity contribution in [3.8, 4) is 12.3 Å². The van der Waals surface area contributed by atoms with E-state index in [1.54, 1.807) is 13.1 Å². The molecular formula is C12H10N2O2. The molecule has 0 aromatic carbocycles. The van der Waals surface area contributed by atoms with Crippen LogP contribution in [-0.4, -0.2) is 16.0 Å². The number of carbonyl (C=O) groups is 1. The summed E-state index contributed by atoms with van der Waals surface area (Å²) in [6.45, 7) is 2.21. The van der Waals surface area contributed by atoms with E-state index in [4.69, 9.17) is 11.2 Å². The van der Waals surface area contributed by atoms with Crippen LogP contribution in [0.4, 0.5) is 0 Å². The Balaban J connectivity index is 2.50. The van der Waals surface area contributed by atoms with Crippen molar-refractivity contribution >= 4 is 17.4 Å². The number of hydrogen-bond acceptors (Lipinski definition) is 3. The van der Waals surface area contributed by atoms with Crippen molar-refractivity contribution in [3.05, 3.63) is 30.2 Å². The van der Waals surface area contributed by atoms with Gasteiger partial charge in [-0.2, -0.15) is 0 Å². The van der Waals surface area contributed by atoms with Gasteiger partial charge in [0, 0.05) is 11.6 Å². The molecule has 2 rings (SSSR count). The van der Waals surface area contributed by atoms with E-state index in [1.165, 1.54) is 0 Å². The number of nitrogens with zero attached hydrogens (tertiary/aromatic N) is 2. The van der Waals surface area contributed by atoms with E-state index in [1.807, 2.05) is 22.9 Å². The van der Waals surface area contributed by atoms with E-state index in [-0.39, 0.29) is 6.23 Å². The van der Waals surface area contributed by atoms with Crippen LogP contribution >= 0.6 is 0 Å². The summed E-state index contributed by atoms with van der Waals surface area (Å²) in [7, 11) is 0. The van der Waals surface area contributed by atoms with Gasteiger partial charge in [-0.25, -0.2) is 4.98 Å². The third-order valence-corrected chi connectivity index (χ3v) is 2.40. The fraction of sp³-hybridized carbons (Fsp3) is 0.167. The second kappa shape index (κ2) is 4.07. The van der Waals surface area contributed by atoms with Gasteiger partial charge in [0.15, 0.2) is 6.23 Å². The van der Waals surface area contributed by atoms with E-state index < -0.39 is 0 Å². The minimum Gasteiger partial charge on any atom is -0.444 e. The third kappa shape index (κ3) is 1.63. The van der Waals surface area contributed by atoms with Crippen LogP contribution < -0.4 is 0 Å². The van der Waals surface area contributed by atoms with E-state index in [0.717, 1.165) is 10.9 Å². The van der Waals surface area contributed by atoms with Crippen molar-refractivity contribution in [1.82, 2.24) is 9.55 Å². The quantitative estimate of drug-likeness (QED) is 0.577. The van der Waals surface area contributed by atoms with Crippen molar-refractivity contribution in [2.75, 3.05) is 0 Å². The number of ether oxygens (including phenoxy) is 1. The first-order valence-electron chi connectivity index (χ1n) is 4.78. The van der Waals surface area contributed by atoms with Crippen LogP contribution in [-0.2, 0) is 9.53 Å². The standard InChI is InChI=1S/C12H10N2O2/c1-3-11-6-10-4-5-14(9(2)16-8-15)12(10)7-13-11/h1,4-9H,2H3. The summed E-state index contributed by atoms with van der Waals surface area (Å²) in [6, 6.07) is 3.72. The molecule has 2 heterocycles. The highest BCUT2D eigenvalue weighted by molar-refractivity contribution is 5.80. The molecule has 1 atom stereocenters. The molecule has 0 spiro atoms. The Morgan fingerprint density at radius 1 is 1.69 bits per heavy atom. The smallest absolute Gasteiger partial charge is 0.295 e. The Bertz CT molecular complexity index is 566. The first-order chi connectivity index (χ1) is 7.76. The Morgan fingerprint density at radius 2 is 2.50 bits per heavy atom. The summed E-state index contributed by atoms with van der Waals surface area (Å²) < 4.78 is 6.68. The minimum atomic E-state index is -0.353. The topological polar surface area (TPSA) is 44.1 Å². The Morgan fingerprint density at radius 3 is 3.19 bits per heavy atom. The summed E-state index contributed by atoms with van der Waals surface area (Å²) >= 11 is 0. The lowest BCUT2D eigenvalue weighted by molar-refractivity contribution is -0.136. The lowest BCUT2D eigenvalue weighted by atomic mass is 10.3. The second-order valence-electron chi connectivity index (χ2n) is 3.33. The molecule has 0 bridgehead atoms. The van der Waals surface area contributed by atoms with Crippen molar-refractivity contribution in [2.24, 2.45) is 0 Å². The lowest BCUT2D eigenvalue weighted by Gasteiger charge is -2.12. The molecule has 0 N–H and O–H groups in total. The third-order valence-electron chi connectivity index (χ3n) is 2.40. The van der Waals surface area contributed by atoms with Gasteiger partial charge in [-0.05, 0) is 19.1 Å². The van der Waals surface area contributed by atoms with Crippen molar-refractivity contribution in [2.45, 2.75) is 13.2 Å². The van der Waals surface area contributed by atoms with Gasteiger partial charge in [0.2, 0.25) is 0 Å². The normalized spacial score (nSPS) is 12.0. The number of carbonyl (C=O) groups excluding carboxylic acids is 1. The summed E-state index contributed by atoms with van der Waals surface area (Å²) in [4.78, 5) is 14.4. The van der Waals surface area contributed by atoms with Crippen LogP contribution in [0, 0.1) is 12.3 Å². The van der Waals surface area contributed by atoms with Crippen LogP contribution in [0.15, 0.2) is 24.5 Å². The number of terminal acetylenes is 1. The maximum atomic E-state index is 10.3. The number of aromatic nitrogens is 2. The maximum Gasteiger partial charge on any atom is 0.295 e. The first-order valence-corrected chi connectivity index (χ1v) is 4.78. The fourth-order valence-corrected chi connectivity index (χ4v) is 1.60. The molecule has 0 aliphatic rings. The average molecular weight is 214 g/mol. The average Bonchev–Trinajstić information content (AvgIpc) is 2.71. The molecule has 0 aliphatic heterocycles. The van der Waals surface area contributed by atoms with Crippen LogP contribution in [0.3, 0.4) is 0 Å². The maximum absolute atomic E-state index is 10.3. The molecule has 0 aliphatic carbocycles. The molecule has 0 fully saturated rings. The highest BCUT2D eigenvalue weighted by Gasteiger charge is 2.08. The van der Waals surface area contributed by atoms with Crippen LogP contribution in [0.25, 0.3) is 10.9 Å². The number of rotatable bonds is 3. The molecule has 0 saturated heterocycles. The van der Waals surface area contributed by atoms with Crippen molar-refractivity contribution in [3.63, 3.8) is 0 Å². The van der Waals surface area contributed by atoms with Gasteiger partial charge in [0.1, 0.15) is 5.69 Å². The molecule has 1 unspecified atom stereocenters. The van der Waals surface area contributed by atoms with Crippen molar-refractivity contribution < 1.29 is 9.53 Å². The first kappa shape index (κ1) is 10.2. The predicted octanol–water partition coefficient (Wildman–Crippen LogP) is 1.71. The van der Waals surface area contributed by atoms with Crippen LogP contribution in [0.1, 0.15) is 18.8 Å². The lowest BCUT2D eigenvalue weighted by Crippen LogP contribution is -2.06. The zero-order valence-corrected chi connectivity index (χ0v) is 8.75. The molecule has 16 heavy (non-hydrogen) atoms. The number of fused-ring (bicyclic) bond motifs is 1. The largest absolute Gasteiger partial charge is 0.444 e. The Labute approximate surface area is 92.9 Å². The summed E-state index contributed by atoms with van der Waals surface area (Å²) in [5.41, 5.74) is 1.47. The molecule has 4 heteroatoms. The second-order valence-corrected chi connectivity index (χ2v) is 3.33. The molecule has 0 amide bonds. The van der Waals surface area contributed by atoms with Gasteiger partial charge in [-0.15, -0.1) is 6.42 Å². The summed E-state index contributed by atoms with van der Waals surface area (Å²) in [5, 5.41) is 0.976. The van der Waals surface area contributed by atoms with Gasteiger partial charge in [-0.1, -0.05) is 5.92 Å². The summed E-state index contributed by atoms with van der Waals surface area (Å²) in [6.07, 6.45) is 8.42. The molecule has 2 aromatic rings. The monoisotopic (exact) mass is 214 g/mol. The van der Waals surface area contributed by atoms with E-state index in [2.05, 4.69) is 10.9 Å². The van der Waals surface area contributed by atoms with Crippen LogP contribution in [0.5, 0.6) is 0 Å². The minimum absolute atomic E-state index is 0.353. The van der Waals surface area contributed by atoms with Gasteiger partial charge >= 0.3 is 0 Å². The molecule has 0 saturated carbocycles. The Hall–Kier alpha value is -2.28. The number of hydrogen-bond donors (Lipinski definition) is 0. The molecule has 0 radical (unpaired) electrons. The zero-order valence-electron chi connectivity index (χ0n) is 8.75.